The number of rotatable bonds is 1. The molecular weight excluding hydrogens is 196 g/mol. The molecular formula is C5H14OPY. The van der Waals surface area contributed by atoms with Crippen molar-refractivity contribution in [3.8, 4) is 0 Å². The number of hydrogen-bond donors (Lipinski definition) is 0. The quantitative estimate of drug-likeness (QED) is 0.476. The van der Waals surface area contributed by atoms with E-state index in [1.54, 1.807) is 0 Å². The zero-order valence-corrected chi connectivity index (χ0v) is 9.87. The van der Waals surface area contributed by atoms with E-state index in [4.69, 9.17) is 0 Å². The molecule has 0 aliphatic rings. The van der Waals surface area contributed by atoms with Crippen molar-refractivity contribution in [2.45, 2.75) is 0 Å². The van der Waals surface area contributed by atoms with Crippen molar-refractivity contribution in [1.82, 2.24) is 0 Å². The van der Waals surface area contributed by atoms with Gasteiger partial charge < -0.3 is 19.4 Å². The Labute approximate surface area is 80.3 Å². The SMILES string of the molecule is [CH2-]OP(C)C.[CH3-].[CH3-].[Y+3]. The van der Waals surface area contributed by atoms with Gasteiger partial charge in [-0.15, -0.1) is 0 Å². The summed E-state index contributed by atoms with van der Waals surface area (Å²) in [6, 6.07) is 0. The molecule has 0 saturated carbocycles. The van der Waals surface area contributed by atoms with E-state index >= 15 is 0 Å². The van der Waals surface area contributed by atoms with E-state index in [1.807, 2.05) is 13.3 Å². The van der Waals surface area contributed by atoms with Gasteiger partial charge in [0.2, 0.25) is 0 Å². The molecule has 0 aromatic heterocycles. The topological polar surface area (TPSA) is 9.23 Å². The first-order valence-corrected chi connectivity index (χ1v) is 3.52. The molecule has 0 amide bonds. The fourth-order valence-corrected chi connectivity index (χ4v) is 0. The van der Waals surface area contributed by atoms with Crippen LogP contribution in [0.25, 0.3) is 0 Å². The van der Waals surface area contributed by atoms with Crippen LogP contribution >= 0.6 is 8.15 Å². The second-order valence-corrected chi connectivity index (χ2v) is 2.82. The average Bonchev–Trinajstić information content (AvgIpc) is 1.38. The molecule has 0 aromatic carbocycles. The molecule has 48 valence electrons. The molecule has 0 heterocycles. The van der Waals surface area contributed by atoms with Crippen LogP contribution in [0.15, 0.2) is 0 Å². The van der Waals surface area contributed by atoms with Crippen LogP contribution in [0.1, 0.15) is 0 Å². The maximum absolute atomic E-state index is 4.56. The molecule has 3 heteroatoms. The summed E-state index contributed by atoms with van der Waals surface area (Å²) in [6.45, 7) is 4.00. The van der Waals surface area contributed by atoms with Crippen LogP contribution in [0.4, 0.5) is 0 Å². The molecule has 0 saturated heterocycles. The van der Waals surface area contributed by atoms with Crippen molar-refractivity contribution in [3.05, 3.63) is 22.0 Å². The van der Waals surface area contributed by atoms with Gasteiger partial charge >= 0.3 is 32.7 Å². The summed E-state index contributed by atoms with van der Waals surface area (Å²) in [5.74, 6) is 0. The molecule has 0 atom stereocenters. The molecule has 0 N–H and O–H groups in total. The van der Waals surface area contributed by atoms with Crippen LogP contribution in [-0.2, 0) is 37.2 Å². The average molecular weight is 210 g/mol. The third-order valence-electron chi connectivity index (χ3n) is 0.258. The molecule has 8 heavy (non-hydrogen) atoms. The van der Waals surface area contributed by atoms with Gasteiger partial charge in [0, 0.05) is 0 Å². The van der Waals surface area contributed by atoms with E-state index in [9.17, 15) is 0 Å². The molecule has 0 fully saturated rings. The summed E-state index contributed by atoms with van der Waals surface area (Å²) in [5.41, 5.74) is 0. The molecule has 0 aliphatic heterocycles. The molecule has 0 spiro atoms. The third-order valence-corrected chi connectivity index (χ3v) is 0.775. The zero-order valence-electron chi connectivity index (χ0n) is 6.14. The zero-order chi connectivity index (χ0) is 4.28. The van der Waals surface area contributed by atoms with Gasteiger partial charge in [-0.2, -0.15) is 0 Å². The largest absolute Gasteiger partial charge is 3.00 e. The summed E-state index contributed by atoms with van der Waals surface area (Å²) >= 11 is 0. The van der Waals surface area contributed by atoms with Gasteiger partial charge in [-0.25, -0.2) is 7.11 Å². The maximum atomic E-state index is 4.56. The standard InChI is InChI=1S/C3H8OP.2CH3.Y/c1-4-5(2)3;;;/h1H2,2-3H3;2*1H3;/q3*-1;+3. The van der Waals surface area contributed by atoms with Crippen LogP contribution in [0.2, 0.25) is 0 Å². The van der Waals surface area contributed by atoms with Crippen molar-refractivity contribution in [1.29, 1.82) is 0 Å². The van der Waals surface area contributed by atoms with Gasteiger partial charge in [-0.05, 0) is 21.5 Å². The van der Waals surface area contributed by atoms with Gasteiger partial charge in [0.1, 0.15) is 0 Å². The minimum atomic E-state index is -0.209. The minimum Gasteiger partial charge on any atom is -0.535 e. The third kappa shape index (κ3) is 25.9. The maximum Gasteiger partial charge on any atom is 3.00 e. The van der Waals surface area contributed by atoms with Gasteiger partial charge in [0.25, 0.3) is 0 Å². The smallest absolute Gasteiger partial charge is 0.535 e. The second-order valence-electron chi connectivity index (χ2n) is 0.941. The summed E-state index contributed by atoms with van der Waals surface area (Å²) in [4.78, 5) is 0. The Morgan fingerprint density at radius 2 is 1.38 bits per heavy atom. The predicted molar refractivity (Wildman–Crippen MR) is 38.0 cm³/mol. The summed E-state index contributed by atoms with van der Waals surface area (Å²) in [7, 11) is 3.00. The van der Waals surface area contributed by atoms with Crippen LogP contribution in [0.5, 0.6) is 0 Å². The molecule has 0 aliphatic carbocycles. The van der Waals surface area contributed by atoms with Crippen molar-refractivity contribution in [2.24, 2.45) is 0 Å². The van der Waals surface area contributed by atoms with Crippen LogP contribution < -0.4 is 0 Å². The first-order chi connectivity index (χ1) is 2.27. The molecule has 0 bridgehead atoms. The van der Waals surface area contributed by atoms with Crippen LogP contribution in [-0.4, -0.2) is 13.3 Å². The molecule has 1 nitrogen and oxygen atoms in total. The first kappa shape index (κ1) is 22.7. The monoisotopic (exact) mass is 210 g/mol. The van der Waals surface area contributed by atoms with Gasteiger partial charge in [0.05, 0.1) is 0 Å². The minimum absolute atomic E-state index is 0. The molecule has 0 rings (SSSR count). The molecule has 0 aromatic rings. The summed E-state index contributed by atoms with van der Waals surface area (Å²) < 4.78 is 4.56. The Kier molecular flexibility index (Phi) is 44.8. The van der Waals surface area contributed by atoms with Gasteiger partial charge in [0.15, 0.2) is 0 Å². The van der Waals surface area contributed by atoms with Crippen LogP contribution in [0, 0.1) is 22.0 Å². The Hall–Kier alpha value is 1.49. The van der Waals surface area contributed by atoms with E-state index in [1.165, 1.54) is 0 Å². The van der Waals surface area contributed by atoms with Gasteiger partial charge in [-0.1, -0.05) is 0 Å². The van der Waals surface area contributed by atoms with Crippen molar-refractivity contribution >= 4 is 8.15 Å². The van der Waals surface area contributed by atoms with E-state index in [0.29, 0.717) is 0 Å². The normalized spacial score (nSPS) is 6.00. The molecule has 0 radical (unpaired) electrons. The Morgan fingerprint density at radius 1 is 1.25 bits per heavy atom. The van der Waals surface area contributed by atoms with Crippen molar-refractivity contribution in [3.63, 3.8) is 0 Å². The Morgan fingerprint density at radius 3 is 1.38 bits per heavy atom. The predicted octanol–water partition coefficient (Wildman–Crippen LogP) is 2.35. The van der Waals surface area contributed by atoms with Crippen molar-refractivity contribution in [2.75, 3.05) is 13.3 Å². The Balaban J connectivity index is -0.0000000267. The summed E-state index contributed by atoms with van der Waals surface area (Å²) in [5, 5.41) is 0. The second kappa shape index (κ2) is 15.8. The van der Waals surface area contributed by atoms with E-state index in [0.717, 1.165) is 0 Å². The number of hydrogen-bond acceptors (Lipinski definition) is 1. The molecule has 0 unspecified atom stereocenters. The van der Waals surface area contributed by atoms with E-state index in [-0.39, 0.29) is 55.7 Å². The fourth-order valence-electron chi connectivity index (χ4n) is 0. The van der Waals surface area contributed by atoms with E-state index in [2.05, 4.69) is 11.6 Å². The van der Waals surface area contributed by atoms with Crippen molar-refractivity contribution < 1.29 is 37.2 Å². The first-order valence-electron chi connectivity index (χ1n) is 1.37. The van der Waals surface area contributed by atoms with Gasteiger partial charge in [-0.3, -0.25) is 0 Å². The fraction of sp³-hybridized carbons (Fsp3) is 0.400. The Bertz CT molecular complexity index is 26.4. The summed E-state index contributed by atoms with van der Waals surface area (Å²) in [6.07, 6.45) is 0. The van der Waals surface area contributed by atoms with Crippen LogP contribution in [0.3, 0.4) is 0 Å². The van der Waals surface area contributed by atoms with E-state index < -0.39 is 0 Å².